The summed E-state index contributed by atoms with van der Waals surface area (Å²) >= 11 is 0. The molecule has 2 N–H and O–H groups in total. The summed E-state index contributed by atoms with van der Waals surface area (Å²) in [6.45, 7) is 6.60. The molecule has 0 saturated heterocycles. The maximum atomic E-state index is 6.16. The number of hydrogen-bond acceptors (Lipinski definition) is 1. The van der Waals surface area contributed by atoms with Gasteiger partial charge in [0.2, 0.25) is 0 Å². The third-order valence-electron chi connectivity index (χ3n) is 3.07. The highest BCUT2D eigenvalue weighted by Gasteiger charge is 2.30. The maximum absolute atomic E-state index is 6.16. The second-order valence-electron chi connectivity index (χ2n) is 3.79. The van der Waals surface area contributed by atoms with Crippen LogP contribution in [0, 0.1) is 5.41 Å². The quantitative estimate of drug-likeness (QED) is 0.668. The maximum Gasteiger partial charge on any atom is 0.0346 e. The van der Waals surface area contributed by atoms with Crippen LogP contribution in [0.1, 0.15) is 33.6 Å². The predicted molar refractivity (Wildman–Crippen MR) is 53.9 cm³/mol. The molecule has 0 aromatic carbocycles. The second-order valence-corrected chi connectivity index (χ2v) is 3.79. The molecule has 1 heteroatoms. The van der Waals surface area contributed by atoms with Crippen LogP contribution in [0.3, 0.4) is 0 Å². The van der Waals surface area contributed by atoms with E-state index in [1.807, 2.05) is 0 Å². The number of allylic oxidation sites excluding steroid dienone is 2. The molecule has 0 radical (unpaired) electrons. The molecular weight excluding hydrogens is 146 g/mol. The molecule has 0 aliphatic heterocycles. The summed E-state index contributed by atoms with van der Waals surface area (Å²) in [6.07, 6.45) is 8.72. The Bertz CT molecular complexity index is 215. The minimum Gasteiger partial charge on any atom is -0.324 e. The van der Waals surface area contributed by atoms with Gasteiger partial charge in [-0.3, -0.25) is 0 Å². The third kappa shape index (κ3) is 1.46. The summed E-state index contributed by atoms with van der Waals surface area (Å²) in [5.41, 5.74) is 7.72. The van der Waals surface area contributed by atoms with Crippen molar-refractivity contribution in [2.45, 2.75) is 39.7 Å². The first-order chi connectivity index (χ1) is 5.64. The number of hydrogen-bond donors (Lipinski definition) is 1. The summed E-state index contributed by atoms with van der Waals surface area (Å²) in [6, 6.07) is 0.220. The van der Waals surface area contributed by atoms with Gasteiger partial charge in [0.25, 0.3) is 0 Å². The molecule has 2 atom stereocenters. The molecule has 0 saturated carbocycles. The summed E-state index contributed by atoms with van der Waals surface area (Å²) in [5.74, 6) is 0. The van der Waals surface area contributed by atoms with Gasteiger partial charge in [-0.25, -0.2) is 0 Å². The molecule has 68 valence electrons. The zero-order valence-electron chi connectivity index (χ0n) is 8.30. The Balaban J connectivity index is 2.87. The van der Waals surface area contributed by atoms with Crippen LogP contribution in [0.15, 0.2) is 23.8 Å². The lowest BCUT2D eigenvalue weighted by Crippen LogP contribution is -2.40. The topological polar surface area (TPSA) is 26.0 Å². The highest BCUT2D eigenvalue weighted by atomic mass is 14.7. The summed E-state index contributed by atoms with van der Waals surface area (Å²) in [4.78, 5) is 0. The van der Waals surface area contributed by atoms with Gasteiger partial charge in [-0.05, 0) is 12.8 Å². The molecular formula is C11H19N. The molecule has 2 unspecified atom stereocenters. The first kappa shape index (κ1) is 9.53. The average molecular weight is 165 g/mol. The molecule has 0 bridgehead atoms. The lowest BCUT2D eigenvalue weighted by molar-refractivity contribution is 0.346. The SMILES string of the molecule is CCC1=CC=CC(C)(CC)C1N. The second kappa shape index (κ2) is 3.44. The fourth-order valence-corrected chi connectivity index (χ4v) is 1.70. The van der Waals surface area contributed by atoms with Crippen LogP contribution in [0.5, 0.6) is 0 Å². The Morgan fingerprint density at radius 3 is 2.67 bits per heavy atom. The molecule has 12 heavy (non-hydrogen) atoms. The summed E-state index contributed by atoms with van der Waals surface area (Å²) in [7, 11) is 0. The van der Waals surface area contributed by atoms with Gasteiger partial charge >= 0.3 is 0 Å². The molecule has 0 amide bonds. The van der Waals surface area contributed by atoms with Gasteiger partial charge in [-0.2, -0.15) is 0 Å². The van der Waals surface area contributed by atoms with Crippen LogP contribution in [-0.2, 0) is 0 Å². The van der Waals surface area contributed by atoms with Crippen LogP contribution >= 0.6 is 0 Å². The standard InChI is InChI=1S/C11H19N/c1-4-9-7-6-8-11(3,5-2)10(9)12/h6-8,10H,4-5,12H2,1-3H3. The Morgan fingerprint density at radius 2 is 2.17 bits per heavy atom. The summed E-state index contributed by atoms with van der Waals surface area (Å²) in [5, 5.41) is 0. The molecule has 1 nitrogen and oxygen atoms in total. The van der Waals surface area contributed by atoms with Gasteiger partial charge in [0.1, 0.15) is 0 Å². The monoisotopic (exact) mass is 165 g/mol. The van der Waals surface area contributed by atoms with Gasteiger partial charge in [0, 0.05) is 11.5 Å². The predicted octanol–water partition coefficient (Wildman–Crippen LogP) is 2.64. The van der Waals surface area contributed by atoms with E-state index in [1.54, 1.807) is 0 Å². The normalized spacial score (nSPS) is 35.0. The van der Waals surface area contributed by atoms with E-state index in [4.69, 9.17) is 5.73 Å². The van der Waals surface area contributed by atoms with Gasteiger partial charge in [-0.1, -0.05) is 44.6 Å². The van der Waals surface area contributed by atoms with Crippen molar-refractivity contribution in [1.82, 2.24) is 0 Å². The van der Waals surface area contributed by atoms with Crippen molar-refractivity contribution in [3.8, 4) is 0 Å². The van der Waals surface area contributed by atoms with Crippen LogP contribution in [0.2, 0.25) is 0 Å². The lowest BCUT2D eigenvalue weighted by Gasteiger charge is -2.35. The highest BCUT2D eigenvalue weighted by Crippen LogP contribution is 2.34. The molecule has 1 aliphatic carbocycles. The molecule has 1 aliphatic rings. The molecule has 0 aromatic heterocycles. The van der Waals surface area contributed by atoms with Crippen molar-refractivity contribution < 1.29 is 0 Å². The molecule has 1 rings (SSSR count). The third-order valence-corrected chi connectivity index (χ3v) is 3.07. The zero-order valence-corrected chi connectivity index (χ0v) is 8.30. The Hall–Kier alpha value is -0.560. The molecule has 0 spiro atoms. The smallest absolute Gasteiger partial charge is 0.0346 e. The summed E-state index contributed by atoms with van der Waals surface area (Å²) < 4.78 is 0. The molecule has 0 aromatic rings. The average Bonchev–Trinajstić information content (AvgIpc) is 2.10. The van der Waals surface area contributed by atoms with Gasteiger partial charge in [0.15, 0.2) is 0 Å². The van der Waals surface area contributed by atoms with Crippen LogP contribution in [-0.4, -0.2) is 6.04 Å². The molecule has 0 fully saturated rings. The van der Waals surface area contributed by atoms with Crippen molar-refractivity contribution in [2.24, 2.45) is 11.1 Å². The van der Waals surface area contributed by atoms with Crippen molar-refractivity contribution in [3.05, 3.63) is 23.8 Å². The van der Waals surface area contributed by atoms with Crippen molar-refractivity contribution >= 4 is 0 Å². The van der Waals surface area contributed by atoms with Gasteiger partial charge < -0.3 is 5.73 Å². The Kier molecular flexibility index (Phi) is 2.73. The van der Waals surface area contributed by atoms with Crippen LogP contribution in [0.25, 0.3) is 0 Å². The Labute approximate surface area is 75.3 Å². The largest absolute Gasteiger partial charge is 0.324 e. The highest BCUT2D eigenvalue weighted by molar-refractivity contribution is 5.29. The first-order valence-electron chi connectivity index (χ1n) is 4.78. The number of nitrogens with two attached hydrogens (primary N) is 1. The van der Waals surface area contributed by atoms with E-state index in [0.29, 0.717) is 0 Å². The van der Waals surface area contributed by atoms with E-state index in [0.717, 1.165) is 12.8 Å². The van der Waals surface area contributed by atoms with E-state index >= 15 is 0 Å². The lowest BCUT2D eigenvalue weighted by atomic mass is 9.73. The van der Waals surface area contributed by atoms with E-state index < -0.39 is 0 Å². The van der Waals surface area contributed by atoms with Crippen molar-refractivity contribution in [3.63, 3.8) is 0 Å². The minimum atomic E-state index is 0.181. The van der Waals surface area contributed by atoms with E-state index in [-0.39, 0.29) is 11.5 Å². The zero-order chi connectivity index (χ0) is 9.19. The fraction of sp³-hybridized carbons (Fsp3) is 0.636. The Morgan fingerprint density at radius 1 is 1.50 bits per heavy atom. The minimum absolute atomic E-state index is 0.181. The fourth-order valence-electron chi connectivity index (χ4n) is 1.70. The van der Waals surface area contributed by atoms with E-state index in [1.165, 1.54) is 5.57 Å². The van der Waals surface area contributed by atoms with Gasteiger partial charge in [-0.15, -0.1) is 0 Å². The van der Waals surface area contributed by atoms with Crippen LogP contribution < -0.4 is 5.73 Å². The first-order valence-corrected chi connectivity index (χ1v) is 4.78. The van der Waals surface area contributed by atoms with Crippen molar-refractivity contribution in [1.29, 1.82) is 0 Å². The molecule has 0 heterocycles. The van der Waals surface area contributed by atoms with E-state index in [9.17, 15) is 0 Å². The van der Waals surface area contributed by atoms with Crippen molar-refractivity contribution in [2.75, 3.05) is 0 Å². The van der Waals surface area contributed by atoms with Gasteiger partial charge in [0.05, 0.1) is 0 Å². The van der Waals surface area contributed by atoms with E-state index in [2.05, 4.69) is 39.0 Å². The van der Waals surface area contributed by atoms with Crippen LogP contribution in [0.4, 0.5) is 0 Å². The number of rotatable bonds is 2.